The highest BCUT2D eigenvalue weighted by atomic mass is 15.2. The maximum Gasteiger partial charge on any atom is 0.186 e. The fourth-order valence-corrected chi connectivity index (χ4v) is 1.51. The lowest BCUT2D eigenvalue weighted by atomic mass is 10.3. The number of pyridine rings is 2. The molecule has 72 valence electrons. The summed E-state index contributed by atoms with van der Waals surface area (Å²) in [4.78, 5) is 4.25. The van der Waals surface area contributed by atoms with E-state index < -0.39 is 0 Å². The highest BCUT2D eigenvalue weighted by Gasteiger charge is 2.06. The summed E-state index contributed by atoms with van der Waals surface area (Å²) in [5.41, 5.74) is 1.66. The fourth-order valence-electron chi connectivity index (χ4n) is 1.51. The summed E-state index contributed by atoms with van der Waals surface area (Å²) < 4.78 is 1.92. The Bertz CT molecular complexity index is 586. The highest BCUT2D eigenvalue weighted by Crippen LogP contribution is 2.14. The second-order valence-electron chi connectivity index (χ2n) is 3.17. The molecule has 0 aliphatic rings. The molecule has 0 N–H and O–H groups in total. The lowest BCUT2D eigenvalue weighted by Gasteiger charge is -1.97. The molecule has 0 spiro atoms. The first-order chi connectivity index (χ1) is 7.45. The first-order valence-corrected chi connectivity index (χ1v) is 4.66. The minimum atomic E-state index is 0.770. The van der Waals surface area contributed by atoms with Gasteiger partial charge in [0.15, 0.2) is 11.5 Å². The van der Waals surface area contributed by atoms with Crippen molar-refractivity contribution >= 4 is 5.65 Å². The summed E-state index contributed by atoms with van der Waals surface area (Å²) >= 11 is 0. The van der Waals surface area contributed by atoms with Gasteiger partial charge in [0.1, 0.15) is 5.69 Å². The molecular weight excluding hydrogens is 188 g/mol. The predicted molar refractivity (Wildman–Crippen MR) is 56.2 cm³/mol. The van der Waals surface area contributed by atoms with Crippen LogP contribution in [0, 0.1) is 0 Å². The van der Waals surface area contributed by atoms with Crippen LogP contribution in [-0.4, -0.2) is 19.6 Å². The van der Waals surface area contributed by atoms with E-state index in [1.165, 1.54) is 0 Å². The number of hydrogen-bond donors (Lipinski definition) is 0. The van der Waals surface area contributed by atoms with Crippen molar-refractivity contribution in [2.75, 3.05) is 0 Å². The van der Waals surface area contributed by atoms with Gasteiger partial charge in [-0.2, -0.15) is 0 Å². The molecule has 0 fully saturated rings. The van der Waals surface area contributed by atoms with Gasteiger partial charge >= 0.3 is 0 Å². The van der Waals surface area contributed by atoms with Crippen molar-refractivity contribution in [3.05, 3.63) is 48.8 Å². The van der Waals surface area contributed by atoms with Crippen LogP contribution in [0.25, 0.3) is 17.2 Å². The molecule has 0 radical (unpaired) electrons. The van der Waals surface area contributed by atoms with Crippen LogP contribution in [0.4, 0.5) is 0 Å². The number of fused-ring (bicyclic) bond motifs is 1. The number of rotatable bonds is 1. The van der Waals surface area contributed by atoms with Crippen molar-refractivity contribution in [1.29, 1.82) is 0 Å². The standard InChI is InChI=1S/C11H8N4/c1-3-7-12-9(5-1)11-14-13-10-6-2-4-8-15(10)11/h1-8H. The van der Waals surface area contributed by atoms with Gasteiger partial charge in [-0.05, 0) is 24.3 Å². The topological polar surface area (TPSA) is 43.1 Å². The second kappa shape index (κ2) is 3.16. The van der Waals surface area contributed by atoms with Crippen molar-refractivity contribution in [2.24, 2.45) is 0 Å². The van der Waals surface area contributed by atoms with Crippen LogP contribution in [0.15, 0.2) is 48.8 Å². The first kappa shape index (κ1) is 8.11. The van der Waals surface area contributed by atoms with E-state index in [4.69, 9.17) is 0 Å². The molecule has 4 nitrogen and oxygen atoms in total. The predicted octanol–water partition coefficient (Wildman–Crippen LogP) is 1.79. The summed E-state index contributed by atoms with van der Waals surface area (Å²) in [5.74, 6) is 0.770. The molecular formula is C11H8N4. The maximum absolute atomic E-state index is 4.25. The molecule has 0 bridgehead atoms. The van der Waals surface area contributed by atoms with Gasteiger partial charge in [0, 0.05) is 12.4 Å². The van der Waals surface area contributed by atoms with Crippen molar-refractivity contribution < 1.29 is 0 Å². The van der Waals surface area contributed by atoms with E-state index in [2.05, 4.69) is 15.2 Å². The van der Waals surface area contributed by atoms with Crippen LogP contribution in [-0.2, 0) is 0 Å². The Kier molecular flexibility index (Phi) is 1.71. The number of aromatic nitrogens is 4. The largest absolute Gasteiger partial charge is 0.281 e. The lowest BCUT2D eigenvalue weighted by molar-refractivity contribution is 1.09. The summed E-state index contributed by atoms with van der Waals surface area (Å²) in [6, 6.07) is 11.5. The first-order valence-electron chi connectivity index (χ1n) is 4.66. The molecule has 0 aromatic carbocycles. The van der Waals surface area contributed by atoms with E-state index in [1.54, 1.807) is 6.20 Å². The van der Waals surface area contributed by atoms with E-state index in [1.807, 2.05) is 47.0 Å². The van der Waals surface area contributed by atoms with Crippen LogP contribution in [0.2, 0.25) is 0 Å². The Balaban J connectivity index is 2.28. The zero-order valence-electron chi connectivity index (χ0n) is 7.91. The van der Waals surface area contributed by atoms with Crippen LogP contribution >= 0.6 is 0 Å². The molecule has 0 amide bonds. The van der Waals surface area contributed by atoms with Gasteiger partial charge in [-0.3, -0.25) is 9.38 Å². The van der Waals surface area contributed by atoms with Gasteiger partial charge in [0.25, 0.3) is 0 Å². The molecule has 15 heavy (non-hydrogen) atoms. The van der Waals surface area contributed by atoms with Crippen molar-refractivity contribution in [3.63, 3.8) is 0 Å². The van der Waals surface area contributed by atoms with Crippen molar-refractivity contribution in [2.45, 2.75) is 0 Å². The Morgan fingerprint density at radius 2 is 1.87 bits per heavy atom. The Morgan fingerprint density at radius 3 is 2.73 bits per heavy atom. The molecule has 4 heteroatoms. The van der Waals surface area contributed by atoms with Crippen LogP contribution in [0.5, 0.6) is 0 Å². The highest BCUT2D eigenvalue weighted by molar-refractivity contribution is 5.54. The molecule has 3 heterocycles. The van der Waals surface area contributed by atoms with Gasteiger partial charge in [-0.15, -0.1) is 10.2 Å². The lowest BCUT2D eigenvalue weighted by Crippen LogP contribution is -1.90. The van der Waals surface area contributed by atoms with Crippen molar-refractivity contribution in [3.8, 4) is 11.5 Å². The van der Waals surface area contributed by atoms with E-state index in [9.17, 15) is 0 Å². The van der Waals surface area contributed by atoms with Gasteiger partial charge < -0.3 is 0 Å². The quantitative estimate of drug-likeness (QED) is 0.596. The molecule has 3 rings (SSSR count). The number of nitrogens with zero attached hydrogens (tertiary/aromatic N) is 4. The molecule has 0 unspecified atom stereocenters. The minimum Gasteiger partial charge on any atom is -0.281 e. The zero-order valence-corrected chi connectivity index (χ0v) is 7.91. The Morgan fingerprint density at radius 1 is 0.933 bits per heavy atom. The third-order valence-corrected chi connectivity index (χ3v) is 2.21. The summed E-state index contributed by atoms with van der Waals surface area (Å²) in [7, 11) is 0. The molecule has 0 aliphatic heterocycles. The molecule has 0 saturated carbocycles. The van der Waals surface area contributed by atoms with Gasteiger partial charge in [-0.25, -0.2) is 0 Å². The third-order valence-electron chi connectivity index (χ3n) is 2.21. The van der Waals surface area contributed by atoms with Crippen molar-refractivity contribution in [1.82, 2.24) is 19.6 Å². The van der Waals surface area contributed by atoms with Gasteiger partial charge in [0.2, 0.25) is 0 Å². The average molecular weight is 196 g/mol. The third kappa shape index (κ3) is 1.27. The summed E-state index contributed by atoms with van der Waals surface area (Å²) in [6.07, 6.45) is 3.68. The van der Waals surface area contributed by atoms with Gasteiger partial charge in [-0.1, -0.05) is 12.1 Å². The van der Waals surface area contributed by atoms with Crippen LogP contribution in [0.3, 0.4) is 0 Å². The molecule has 3 aromatic heterocycles. The molecule has 3 aromatic rings. The van der Waals surface area contributed by atoms with Crippen LogP contribution in [0.1, 0.15) is 0 Å². The summed E-state index contributed by atoms with van der Waals surface area (Å²) in [5, 5.41) is 8.18. The normalized spacial score (nSPS) is 10.7. The summed E-state index contributed by atoms with van der Waals surface area (Å²) in [6.45, 7) is 0. The van der Waals surface area contributed by atoms with E-state index in [0.717, 1.165) is 17.2 Å². The number of hydrogen-bond acceptors (Lipinski definition) is 3. The zero-order chi connectivity index (χ0) is 10.1. The maximum atomic E-state index is 4.25. The van der Waals surface area contributed by atoms with E-state index in [-0.39, 0.29) is 0 Å². The molecule has 0 saturated heterocycles. The monoisotopic (exact) mass is 196 g/mol. The molecule has 0 aliphatic carbocycles. The average Bonchev–Trinajstić information content (AvgIpc) is 2.74. The van der Waals surface area contributed by atoms with E-state index in [0.29, 0.717) is 0 Å². The fraction of sp³-hybridized carbons (Fsp3) is 0. The van der Waals surface area contributed by atoms with Gasteiger partial charge in [0.05, 0.1) is 0 Å². The SMILES string of the molecule is c1ccc(-c2nnc3ccccn23)nc1. The molecule has 0 atom stereocenters. The Hall–Kier alpha value is -2.23. The minimum absolute atomic E-state index is 0.770. The smallest absolute Gasteiger partial charge is 0.186 e. The van der Waals surface area contributed by atoms with E-state index >= 15 is 0 Å². The Labute approximate surface area is 86.2 Å². The second-order valence-corrected chi connectivity index (χ2v) is 3.17. The van der Waals surface area contributed by atoms with Crippen LogP contribution < -0.4 is 0 Å².